The second-order valence-electron chi connectivity index (χ2n) is 5.47. The van der Waals surface area contributed by atoms with Gasteiger partial charge in [-0.15, -0.1) is 24.8 Å². The molecule has 23 heavy (non-hydrogen) atoms. The van der Waals surface area contributed by atoms with Gasteiger partial charge in [-0.25, -0.2) is 0 Å². The van der Waals surface area contributed by atoms with Crippen molar-refractivity contribution < 1.29 is 0 Å². The molecule has 3 aromatic carbocycles. The van der Waals surface area contributed by atoms with Gasteiger partial charge in [0.25, 0.3) is 0 Å². The van der Waals surface area contributed by atoms with E-state index in [-0.39, 0.29) is 24.8 Å². The zero-order chi connectivity index (χ0) is 14.5. The Balaban J connectivity index is 0.00000132. The number of nitrogens with one attached hydrogen (secondary N) is 1. The van der Waals surface area contributed by atoms with Crippen molar-refractivity contribution in [2.45, 2.75) is 19.4 Å². The Kier molecular flexibility index (Phi) is 8.35. The smallest absolute Gasteiger partial charge is 0.0217 e. The predicted molar refractivity (Wildman–Crippen MR) is 106 cm³/mol. The number of hydrogen-bond acceptors (Lipinski definition) is 2. The molecular formula is C19H24Cl2N2. The van der Waals surface area contributed by atoms with E-state index in [1.54, 1.807) is 0 Å². The van der Waals surface area contributed by atoms with Crippen molar-refractivity contribution in [1.29, 1.82) is 0 Å². The molecular weight excluding hydrogens is 327 g/mol. The molecule has 0 radical (unpaired) electrons. The van der Waals surface area contributed by atoms with Crippen LogP contribution in [0.3, 0.4) is 0 Å². The minimum Gasteiger partial charge on any atom is -0.330 e. The zero-order valence-electron chi connectivity index (χ0n) is 13.1. The van der Waals surface area contributed by atoms with Crippen LogP contribution >= 0.6 is 24.8 Å². The van der Waals surface area contributed by atoms with E-state index in [0.717, 1.165) is 32.5 Å². The van der Waals surface area contributed by atoms with Gasteiger partial charge in [0.05, 0.1) is 0 Å². The van der Waals surface area contributed by atoms with Crippen molar-refractivity contribution in [1.82, 2.24) is 5.32 Å². The van der Waals surface area contributed by atoms with Gasteiger partial charge < -0.3 is 11.1 Å². The Morgan fingerprint density at radius 2 is 1.35 bits per heavy atom. The largest absolute Gasteiger partial charge is 0.330 e. The number of rotatable bonds is 6. The quantitative estimate of drug-likeness (QED) is 0.500. The second kappa shape index (κ2) is 9.74. The number of halogens is 2. The summed E-state index contributed by atoms with van der Waals surface area (Å²) in [5.74, 6) is 0. The van der Waals surface area contributed by atoms with E-state index in [9.17, 15) is 0 Å². The van der Waals surface area contributed by atoms with Gasteiger partial charge in [-0.05, 0) is 59.1 Å². The molecule has 0 unspecified atom stereocenters. The highest BCUT2D eigenvalue weighted by Gasteiger charge is 2.06. The molecule has 0 bridgehead atoms. The lowest BCUT2D eigenvalue weighted by Crippen LogP contribution is -2.16. The molecule has 0 atom stereocenters. The maximum Gasteiger partial charge on any atom is 0.0217 e. The van der Waals surface area contributed by atoms with Crippen LogP contribution in [0.2, 0.25) is 0 Å². The van der Waals surface area contributed by atoms with E-state index in [4.69, 9.17) is 5.73 Å². The predicted octanol–water partition coefficient (Wildman–Crippen LogP) is 4.67. The summed E-state index contributed by atoms with van der Waals surface area (Å²) in [6, 6.07) is 19.6. The average molecular weight is 351 g/mol. The third-order valence-electron chi connectivity index (χ3n) is 3.99. The number of unbranched alkanes of at least 4 members (excludes halogenated alkanes) is 1. The van der Waals surface area contributed by atoms with Gasteiger partial charge in [-0.2, -0.15) is 0 Å². The Labute approximate surface area is 150 Å². The molecule has 0 fully saturated rings. The lowest BCUT2D eigenvalue weighted by molar-refractivity contribution is 0.630. The molecule has 0 amide bonds. The van der Waals surface area contributed by atoms with Gasteiger partial charge in [0.15, 0.2) is 0 Å². The minimum absolute atomic E-state index is 0. The van der Waals surface area contributed by atoms with E-state index < -0.39 is 0 Å². The third-order valence-corrected chi connectivity index (χ3v) is 3.99. The maximum absolute atomic E-state index is 5.54. The summed E-state index contributed by atoms with van der Waals surface area (Å²) in [7, 11) is 0. The summed E-state index contributed by atoms with van der Waals surface area (Å²) in [5.41, 5.74) is 6.94. The van der Waals surface area contributed by atoms with E-state index >= 15 is 0 Å². The Morgan fingerprint density at radius 1 is 0.783 bits per heavy atom. The third kappa shape index (κ3) is 4.58. The van der Waals surface area contributed by atoms with Crippen LogP contribution in [0.25, 0.3) is 21.5 Å². The number of benzene rings is 3. The molecule has 3 N–H and O–H groups in total. The monoisotopic (exact) mass is 350 g/mol. The summed E-state index contributed by atoms with van der Waals surface area (Å²) in [6.07, 6.45) is 2.22. The lowest BCUT2D eigenvalue weighted by atomic mass is 9.97. The molecule has 3 aromatic rings. The van der Waals surface area contributed by atoms with Crippen LogP contribution in [0.4, 0.5) is 0 Å². The molecule has 0 aliphatic heterocycles. The van der Waals surface area contributed by atoms with Gasteiger partial charge in [0, 0.05) is 6.54 Å². The summed E-state index contributed by atoms with van der Waals surface area (Å²) >= 11 is 0. The molecule has 0 aromatic heterocycles. The van der Waals surface area contributed by atoms with Crippen LogP contribution in [0.5, 0.6) is 0 Å². The van der Waals surface area contributed by atoms with Crippen LogP contribution in [-0.4, -0.2) is 13.1 Å². The van der Waals surface area contributed by atoms with Crippen molar-refractivity contribution in [3.05, 3.63) is 60.2 Å². The summed E-state index contributed by atoms with van der Waals surface area (Å²) in [4.78, 5) is 0. The van der Waals surface area contributed by atoms with Gasteiger partial charge in [0.1, 0.15) is 0 Å². The lowest BCUT2D eigenvalue weighted by Gasteiger charge is -2.12. The SMILES string of the molecule is Cl.Cl.NCCCCNCc1c2ccccc2cc2ccccc12. The Morgan fingerprint density at radius 3 is 1.91 bits per heavy atom. The molecule has 124 valence electrons. The van der Waals surface area contributed by atoms with Crippen LogP contribution < -0.4 is 11.1 Å². The number of hydrogen-bond donors (Lipinski definition) is 2. The minimum atomic E-state index is 0. The van der Waals surface area contributed by atoms with E-state index in [2.05, 4.69) is 59.9 Å². The first-order valence-electron chi connectivity index (χ1n) is 7.70. The topological polar surface area (TPSA) is 38.0 Å². The van der Waals surface area contributed by atoms with Crippen molar-refractivity contribution in [3.63, 3.8) is 0 Å². The highest BCUT2D eigenvalue weighted by molar-refractivity contribution is 6.02. The number of fused-ring (bicyclic) bond motifs is 2. The normalized spacial score (nSPS) is 10.3. The zero-order valence-corrected chi connectivity index (χ0v) is 14.8. The van der Waals surface area contributed by atoms with E-state index in [1.165, 1.54) is 27.1 Å². The standard InChI is InChI=1S/C19H22N2.2ClH/c20-11-5-6-12-21-14-19-17-9-3-1-7-15(17)13-16-8-2-4-10-18(16)19;;/h1-4,7-10,13,21H,5-6,11-12,14,20H2;2*1H. The van der Waals surface area contributed by atoms with Crippen molar-refractivity contribution >= 4 is 46.4 Å². The van der Waals surface area contributed by atoms with Crippen molar-refractivity contribution in [2.75, 3.05) is 13.1 Å². The molecule has 4 heteroatoms. The number of nitrogens with two attached hydrogens (primary N) is 1. The second-order valence-corrected chi connectivity index (χ2v) is 5.47. The van der Waals surface area contributed by atoms with Gasteiger partial charge in [0.2, 0.25) is 0 Å². The van der Waals surface area contributed by atoms with Gasteiger partial charge in [-0.3, -0.25) is 0 Å². The summed E-state index contributed by atoms with van der Waals surface area (Å²) in [6.45, 7) is 2.71. The first-order chi connectivity index (χ1) is 10.4. The molecule has 0 spiro atoms. The molecule has 0 heterocycles. The van der Waals surface area contributed by atoms with Crippen LogP contribution in [0.15, 0.2) is 54.6 Å². The van der Waals surface area contributed by atoms with Crippen LogP contribution in [-0.2, 0) is 6.54 Å². The molecule has 3 rings (SSSR count). The fourth-order valence-electron chi connectivity index (χ4n) is 2.91. The molecule has 0 saturated carbocycles. The van der Waals surface area contributed by atoms with Gasteiger partial charge in [-0.1, -0.05) is 48.5 Å². The first kappa shape index (κ1) is 19.7. The van der Waals surface area contributed by atoms with Crippen molar-refractivity contribution in [2.24, 2.45) is 5.73 Å². The molecule has 0 saturated heterocycles. The maximum atomic E-state index is 5.54. The average Bonchev–Trinajstić information content (AvgIpc) is 2.53. The highest BCUT2D eigenvalue weighted by Crippen LogP contribution is 2.28. The highest BCUT2D eigenvalue weighted by atomic mass is 35.5. The van der Waals surface area contributed by atoms with E-state index in [0.29, 0.717) is 0 Å². The Bertz CT molecular complexity index is 690. The fraction of sp³-hybridized carbons (Fsp3) is 0.263. The van der Waals surface area contributed by atoms with E-state index in [1.807, 2.05) is 0 Å². The molecule has 2 nitrogen and oxygen atoms in total. The summed E-state index contributed by atoms with van der Waals surface area (Å²) in [5, 5.41) is 8.89. The Hall–Kier alpha value is -1.32. The summed E-state index contributed by atoms with van der Waals surface area (Å²) < 4.78 is 0. The van der Waals surface area contributed by atoms with Crippen LogP contribution in [0.1, 0.15) is 18.4 Å². The van der Waals surface area contributed by atoms with Crippen LogP contribution in [0, 0.1) is 0 Å². The first-order valence-corrected chi connectivity index (χ1v) is 7.70. The molecule has 0 aliphatic carbocycles. The molecule has 0 aliphatic rings. The van der Waals surface area contributed by atoms with Crippen molar-refractivity contribution in [3.8, 4) is 0 Å². The fourth-order valence-corrected chi connectivity index (χ4v) is 2.91. The van der Waals surface area contributed by atoms with Gasteiger partial charge >= 0.3 is 0 Å².